The van der Waals surface area contributed by atoms with E-state index in [4.69, 9.17) is 14.4 Å². The lowest BCUT2D eigenvalue weighted by Crippen LogP contribution is -2.51. The highest BCUT2D eigenvalue weighted by Crippen LogP contribution is 2.46. The van der Waals surface area contributed by atoms with Gasteiger partial charge in [-0.1, -0.05) is 18.2 Å². The highest BCUT2D eigenvalue weighted by atomic mass is 19.1. The van der Waals surface area contributed by atoms with Gasteiger partial charge in [0.15, 0.2) is 5.82 Å². The second-order valence-electron chi connectivity index (χ2n) is 11.8. The van der Waals surface area contributed by atoms with Crippen LogP contribution in [0.1, 0.15) is 25.7 Å². The van der Waals surface area contributed by atoms with Crippen LogP contribution in [0.5, 0.6) is 0 Å². The minimum atomic E-state index is -0.828. The molecule has 6 aromatic rings. The lowest BCUT2D eigenvalue weighted by atomic mass is 9.61. The number of anilines is 1. The lowest BCUT2D eigenvalue weighted by molar-refractivity contribution is -0.148. The molecule has 2 atom stereocenters. The number of hydrogen-bond acceptors (Lipinski definition) is 6. The van der Waals surface area contributed by atoms with E-state index in [0.29, 0.717) is 44.6 Å². The molecule has 10 heteroatoms. The van der Waals surface area contributed by atoms with Gasteiger partial charge in [-0.05, 0) is 67.9 Å². The number of rotatable bonds is 5. The van der Waals surface area contributed by atoms with Gasteiger partial charge in [0.25, 0.3) is 0 Å². The minimum Gasteiger partial charge on any atom is -0.481 e. The maximum absolute atomic E-state index is 14.6. The van der Waals surface area contributed by atoms with Crippen molar-refractivity contribution in [2.45, 2.75) is 31.7 Å². The summed E-state index contributed by atoms with van der Waals surface area (Å²) in [6.45, 7) is 0. The van der Waals surface area contributed by atoms with Crippen LogP contribution in [0.4, 0.5) is 14.6 Å². The number of nitrogens with one attached hydrogen (secondary N) is 2. The molecule has 2 unspecified atom stereocenters. The lowest BCUT2D eigenvalue weighted by Gasteiger charge is -2.47. The number of carboxylic acid groups (broad SMARTS) is 1. The number of aromatic amines is 1. The van der Waals surface area contributed by atoms with Crippen LogP contribution < -0.4 is 10.7 Å². The molecule has 3 aliphatic rings. The van der Waals surface area contributed by atoms with Crippen molar-refractivity contribution in [1.82, 2.24) is 15.0 Å². The zero-order valence-corrected chi connectivity index (χ0v) is 23.3. The van der Waals surface area contributed by atoms with E-state index < -0.39 is 23.5 Å². The number of aromatic nitrogens is 3. The summed E-state index contributed by atoms with van der Waals surface area (Å²) in [7, 11) is 0. The van der Waals surface area contributed by atoms with Crippen LogP contribution in [0, 0.1) is 29.4 Å². The van der Waals surface area contributed by atoms with E-state index in [1.54, 1.807) is 48.5 Å². The molecule has 3 aromatic heterocycles. The smallest absolute Gasteiger partial charge is 0.308 e. The van der Waals surface area contributed by atoms with Gasteiger partial charge in [0, 0.05) is 40.9 Å². The zero-order chi connectivity index (χ0) is 30.1. The normalized spacial score (nSPS) is 21.3. The third-order valence-electron chi connectivity index (χ3n) is 9.37. The Bertz CT molecular complexity index is 2180. The van der Waals surface area contributed by atoms with E-state index in [9.17, 15) is 23.5 Å². The number of benzene rings is 3. The second kappa shape index (κ2) is 9.97. The second-order valence-corrected chi connectivity index (χ2v) is 11.8. The predicted octanol–water partition coefficient (Wildman–Crippen LogP) is 7.13. The molecule has 0 radical (unpaired) electrons. The van der Waals surface area contributed by atoms with Crippen molar-refractivity contribution in [3.8, 4) is 22.6 Å². The quantitative estimate of drug-likeness (QED) is 0.182. The molecule has 3 aliphatic carbocycles. The van der Waals surface area contributed by atoms with E-state index in [1.165, 1.54) is 12.3 Å². The summed E-state index contributed by atoms with van der Waals surface area (Å²) >= 11 is 0. The van der Waals surface area contributed by atoms with Gasteiger partial charge in [-0.2, -0.15) is 0 Å². The van der Waals surface area contributed by atoms with Gasteiger partial charge in [0.1, 0.15) is 28.6 Å². The minimum absolute atomic E-state index is 0.0913. The number of halogens is 2. The molecule has 0 saturated heterocycles. The van der Waals surface area contributed by atoms with Crippen LogP contribution in [0.15, 0.2) is 76.1 Å². The maximum atomic E-state index is 14.6. The molecule has 8 nitrogen and oxygen atoms in total. The third-order valence-corrected chi connectivity index (χ3v) is 9.37. The van der Waals surface area contributed by atoms with E-state index in [-0.39, 0.29) is 40.0 Å². The average Bonchev–Trinajstić information content (AvgIpc) is 3.45. The van der Waals surface area contributed by atoms with Crippen molar-refractivity contribution in [2.75, 3.05) is 5.32 Å². The van der Waals surface area contributed by atoms with E-state index in [2.05, 4.69) is 10.3 Å². The first-order chi connectivity index (χ1) is 21.3. The molecule has 220 valence electrons. The molecule has 3 fully saturated rings. The Morgan fingerprint density at radius 1 is 0.909 bits per heavy atom. The number of hydrogen-bond donors (Lipinski definition) is 3. The number of para-hydroxylation sites is 1. The molecule has 0 amide bonds. The molecule has 3 N–H and O–H groups in total. The summed E-state index contributed by atoms with van der Waals surface area (Å²) in [4.78, 5) is 37.9. The largest absolute Gasteiger partial charge is 0.481 e. The Morgan fingerprint density at radius 2 is 1.68 bits per heavy atom. The Hall–Kier alpha value is -5.12. The molecule has 9 rings (SSSR count). The average molecular weight is 593 g/mol. The van der Waals surface area contributed by atoms with Gasteiger partial charge in [-0.25, -0.2) is 18.7 Å². The number of nitrogens with zero attached hydrogens (tertiary/aromatic N) is 2. The fraction of sp³-hybridized carbons (Fsp3) is 0.235. The summed E-state index contributed by atoms with van der Waals surface area (Å²) < 4.78 is 35.0. The number of carboxylic acids is 1. The van der Waals surface area contributed by atoms with Crippen molar-refractivity contribution in [1.29, 1.82) is 0 Å². The fourth-order valence-electron chi connectivity index (χ4n) is 7.27. The SMILES string of the molecule is O=C(O)C1C2CCC(CC2)C1Nc1cc(-c2ccc3c(=O)c4ccccc4oc3c2)nc(-c2c[nH]c3c(F)cc(F)cc23)n1. The van der Waals surface area contributed by atoms with Crippen LogP contribution in [0.25, 0.3) is 55.5 Å². The molecule has 3 aromatic carbocycles. The summed E-state index contributed by atoms with van der Waals surface area (Å²) in [5.41, 5.74) is 2.31. The number of fused-ring (bicyclic) bond motifs is 6. The maximum Gasteiger partial charge on any atom is 0.308 e. The molecular formula is C34H26F2N4O4. The summed E-state index contributed by atoms with van der Waals surface area (Å²) in [5.74, 6) is -1.97. The first-order valence-corrected chi connectivity index (χ1v) is 14.6. The number of carbonyl (C=O) groups is 1. The van der Waals surface area contributed by atoms with Crippen molar-refractivity contribution >= 4 is 44.6 Å². The first-order valence-electron chi connectivity index (χ1n) is 14.6. The monoisotopic (exact) mass is 592 g/mol. The zero-order valence-electron chi connectivity index (χ0n) is 23.3. The van der Waals surface area contributed by atoms with Gasteiger partial charge in [-0.15, -0.1) is 0 Å². The standard InChI is InChI=1S/C34H26F2N4O4/c35-19-12-22-23(15-37-31(22)24(36)13-19)33-38-25(14-28(40-33)39-30-17-7-5-16(6-8-17)29(30)34(42)43)18-9-10-21-27(11-18)44-26-4-2-1-3-20(26)32(21)41/h1-4,9-17,29-30,37H,5-8H2,(H,42,43)(H,38,39,40). The molecule has 0 aliphatic heterocycles. The van der Waals surface area contributed by atoms with E-state index in [1.807, 2.05) is 0 Å². The van der Waals surface area contributed by atoms with Crippen LogP contribution in [-0.4, -0.2) is 32.1 Å². The molecular weight excluding hydrogens is 566 g/mol. The van der Waals surface area contributed by atoms with Crippen molar-refractivity contribution in [3.63, 3.8) is 0 Å². The van der Waals surface area contributed by atoms with Crippen molar-refractivity contribution in [3.05, 3.63) is 88.7 Å². The summed E-state index contributed by atoms with van der Waals surface area (Å²) in [6, 6.07) is 15.7. The van der Waals surface area contributed by atoms with Gasteiger partial charge >= 0.3 is 5.97 Å². The third kappa shape index (κ3) is 4.24. The highest BCUT2D eigenvalue weighted by Gasteiger charge is 2.47. The van der Waals surface area contributed by atoms with Crippen LogP contribution in [0.3, 0.4) is 0 Å². The van der Waals surface area contributed by atoms with Crippen LogP contribution in [-0.2, 0) is 4.79 Å². The summed E-state index contributed by atoms with van der Waals surface area (Å²) in [6.07, 6.45) is 5.20. The number of aliphatic carboxylic acids is 1. The van der Waals surface area contributed by atoms with Crippen LogP contribution in [0.2, 0.25) is 0 Å². The first kappa shape index (κ1) is 26.5. The Labute approximate surface area is 248 Å². The predicted molar refractivity (Wildman–Crippen MR) is 162 cm³/mol. The van der Waals surface area contributed by atoms with Gasteiger partial charge in [0.05, 0.1) is 27.9 Å². The van der Waals surface area contributed by atoms with Gasteiger partial charge < -0.3 is 19.8 Å². The van der Waals surface area contributed by atoms with Gasteiger partial charge in [0.2, 0.25) is 5.43 Å². The number of H-pyrrole nitrogens is 1. The van der Waals surface area contributed by atoms with Gasteiger partial charge in [-0.3, -0.25) is 9.59 Å². The molecule has 3 saturated carbocycles. The topological polar surface area (TPSA) is 121 Å². The van der Waals surface area contributed by atoms with Crippen LogP contribution >= 0.6 is 0 Å². The molecule has 3 heterocycles. The fourth-order valence-corrected chi connectivity index (χ4v) is 7.27. The Kier molecular flexibility index (Phi) is 6.01. The molecule has 0 spiro atoms. The highest BCUT2D eigenvalue weighted by molar-refractivity contribution is 5.95. The summed E-state index contributed by atoms with van der Waals surface area (Å²) in [5, 5.41) is 14.7. The molecule has 44 heavy (non-hydrogen) atoms. The van der Waals surface area contributed by atoms with Crippen molar-refractivity contribution < 1.29 is 23.1 Å². The van der Waals surface area contributed by atoms with E-state index >= 15 is 0 Å². The Morgan fingerprint density at radius 3 is 2.50 bits per heavy atom. The molecule has 2 bridgehead atoms. The van der Waals surface area contributed by atoms with E-state index in [0.717, 1.165) is 31.7 Å². The van der Waals surface area contributed by atoms with Crippen molar-refractivity contribution in [2.24, 2.45) is 17.8 Å². The Balaban J connectivity index is 1.30.